The Hall–Kier alpha value is -1.45. The van der Waals surface area contributed by atoms with E-state index >= 15 is 0 Å². The van der Waals surface area contributed by atoms with Crippen molar-refractivity contribution in [2.75, 3.05) is 83.6 Å². The van der Waals surface area contributed by atoms with E-state index in [0.29, 0.717) is 0 Å². The van der Waals surface area contributed by atoms with Crippen LogP contribution in [0.2, 0.25) is 0 Å². The number of nitrogens with zero attached hydrogens (tertiary/aromatic N) is 4. The van der Waals surface area contributed by atoms with Gasteiger partial charge in [0.05, 0.1) is 19.8 Å². The van der Waals surface area contributed by atoms with Crippen molar-refractivity contribution >= 4 is 23.0 Å². The summed E-state index contributed by atoms with van der Waals surface area (Å²) in [4.78, 5) is 12.8. The van der Waals surface area contributed by atoms with Gasteiger partial charge in [0.2, 0.25) is 0 Å². The number of hydrogen-bond donors (Lipinski definition) is 1. The molecule has 3 aliphatic rings. The molecular formula is C23H39N5O2S. The highest BCUT2D eigenvalue weighted by atomic mass is 32.1. The topological polar surface area (TPSA) is 43.5 Å². The van der Waals surface area contributed by atoms with E-state index in [9.17, 15) is 0 Å². The van der Waals surface area contributed by atoms with Crippen LogP contribution in [0.3, 0.4) is 0 Å². The average molecular weight is 450 g/mol. The molecule has 0 atom stereocenters. The van der Waals surface area contributed by atoms with Crippen LogP contribution in [0, 0.1) is 0 Å². The third-order valence-corrected chi connectivity index (χ3v) is 6.24. The van der Waals surface area contributed by atoms with Crippen molar-refractivity contribution in [3.05, 3.63) is 29.8 Å². The van der Waals surface area contributed by atoms with Crippen LogP contribution >= 0.6 is 12.2 Å². The average Bonchev–Trinajstić information content (AvgIpc) is 3.34. The van der Waals surface area contributed by atoms with Gasteiger partial charge >= 0.3 is 0 Å². The molecule has 7 nitrogen and oxygen atoms in total. The summed E-state index contributed by atoms with van der Waals surface area (Å²) in [6.07, 6.45) is 1.13. The van der Waals surface area contributed by atoms with Crippen molar-refractivity contribution in [3.63, 3.8) is 0 Å². The summed E-state index contributed by atoms with van der Waals surface area (Å²) in [6, 6.07) is 8.86. The number of morpholine rings is 1. The third-order valence-electron chi connectivity index (χ3n) is 5.84. The minimum Gasteiger partial charge on any atom is -0.379 e. The van der Waals surface area contributed by atoms with Crippen molar-refractivity contribution in [2.24, 2.45) is 0 Å². The highest BCUT2D eigenvalue weighted by Gasteiger charge is 2.20. The Morgan fingerprint density at radius 2 is 1.77 bits per heavy atom. The molecule has 0 aromatic heterocycles. The monoisotopic (exact) mass is 449 g/mol. The first kappa shape index (κ1) is 24.2. The standard InChI is InChI=1S/C21H33N5O2S.C2H6/c29-21(22-5-7-23-12-15-27-16-13-23)25-10-8-24(9-11-25)20-4-1-3-19(17-20)18-26-6-2-14-28-26;1-2/h1,3-4,17H,2,5-16,18H2,(H,22,29);1-2H3. The lowest BCUT2D eigenvalue weighted by molar-refractivity contribution is -0.117. The van der Waals surface area contributed by atoms with Crippen molar-refractivity contribution in [1.29, 1.82) is 0 Å². The Morgan fingerprint density at radius 3 is 2.48 bits per heavy atom. The molecule has 0 bridgehead atoms. The molecule has 3 aliphatic heterocycles. The molecule has 0 spiro atoms. The first-order chi connectivity index (χ1) is 15.3. The fraction of sp³-hybridized carbons (Fsp3) is 0.696. The highest BCUT2D eigenvalue weighted by Crippen LogP contribution is 2.20. The maximum Gasteiger partial charge on any atom is 0.169 e. The summed E-state index contributed by atoms with van der Waals surface area (Å²) in [5.74, 6) is 0. The highest BCUT2D eigenvalue weighted by molar-refractivity contribution is 7.80. The van der Waals surface area contributed by atoms with Crippen LogP contribution < -0.4 is 10.2 Å². The van der Waals surface area contributed by atoms with Crippen LogP contribution in [0.15, 0.2) is 24.3 Å². The number of hydroxylamine groups is 2. The molecule has 3 heterocycles. The summed E-state index contributed by atoms with van der Waals surface area (Å²) in [6.45, 7) is 16.3. The number of anilines is 1. The maximum atomic E-state index is 5.64. The molecule has 1 N–H and O–H groups in total. The lowest BCUT2D eigenvalue weighted by Crippen LogP contribution is -2.52. The first-order valence-electron chi connectivity index (χ1n) is 11.8. The quantitative estimate of drug-likeness (QED) is 0.663. The smallest absolute Gasteiger partial charge is 0.169 e. The second-order valence-corrected chi connectivity index (χ2v) is 8.27. The minimum atomic E-state index is 0.846. The number of benzene rings is 1. The lowest BCUT2D eigenvalue weighted by Gasteiger charge is -2.38. The van der Waals surface area contributed by atoms with Gasteiger partial charge in [0.1, 0.15) is 0 Å². The molecule has 1 aromatic carbocycles. The van der Waals surface area contributed by atoms with E-state index in [1.807, 2.05) is 13.8 Å². The number of piperazine rings is 1. The largest absolute Gasteiger partial charge is 0.379 e. The lowest BCUT2D eigenvalue weighted by atomic mass is 10.1. The number of thiocarbonyl (C=S) groups is 1. The molecule has 174 valence electrons. The summed E-state index contributed by atoms with van der Waals surface area (Å²) < 4.78 is 5.40. The van der Waals surface area contributed by atoms with Crippen LogP contribution in [0.1, 0.15) is 25.8 Å². The maximum absolute atomic E-state index is 5.64. The number of nitrogens with one attached hydrogen (secondary N) is 1. The van der Waals surface area contributed by atoms with Gasteiger partial charge in [-0.1, -0.05) is 26.0 Å². The Morgan fingerprint density at radius 1 is 1.00 bits per heavy atom. The zero-order valence-electron chi connectivity index (χ0n) is 19.2. The number of rotatable bonds is 6. The molecule has 0 amide bonds. The molecular weight excluding hydrogens is 410 g/mol. The van der Waals surface area contributed by atoms with Crippen LogP contribution in [0.5, 0.6) is 0 Å². The Kier molecular flexibility index (Phi) is 10.3. The van der Waals surface area contributed by atoms with Gasteiger partial charge in [-0.3, -0.25) is 9.74 Å². The SMILES string of the molecule is CC.S=C(NCCN1CCOCC1)N1CCN(c2cccc(CN3CCCO3)c2)CC1. The Bertz CT molecular complexity index is 657. The van der Waals surface area contributed by atoms with Crippen LogP contribution in [-0.4, -0.2) is 98.7 Å². The van der Waals surface area contributed by atoms with Gasteiger partial charge in [0.15, 0.2) is 5.11 Å². The zero-order valence-corrected chi connectivity index (χ0v) is 20.0. The number of ether oxygens (including phenoxy) is 1. The predicted octanol–water partition coefficient (Wildman–Crippen LogP) is 2.18. The number of hydrogen-bond acceptors (Lipinski definition) is 6. The van der Waals surface area contributed by atoms with Crippen molar-refractivity contribution in [2.45, 2.75) is 26.8 Å². The van der Waals surface area contributed by atoms with Gasteiger partial charge in [-0.2, -0.15) is 5.06 Å². The molecule has 4 rings (SSSR count). The summed E-state index contributed by atoms with van der Waals surface area (Å²) >= 11 is 5.63. The van der Waals surface area contributed by atoms with E-state index < -0.39 is 0 Å². The molecule has 3 saturated heterocycles. The molecule has 0 unspecified atom stereocenters. The fourth-order valence-corrected chi connectivity index (χ4v) is 4.39. The Labute approximate surface area is 193 Å². The Balaban J connectivity index is 0.00000132. The minimum absolute atomic E-state index is 0.846. The molecule has 0 saturated carbocycles. The van der Waals surface area contributed by atoms with Gasteiger partial charge in [-0.05, 0) is 36.3 Å². The van der Waals surface area contributed by atoms with E-state index in [1.54, 1.807) is 0 Å². The van der Waals surface area contributed by atoms with E-state index in [-0.39, 0.29) is 0 Å². The molecule has 0 aliphatic carbocycles. The van der Waals surface area contributed by atoms with Gasteiger partial charge < -0.3 is 19.9 Å². The van der Waals surface area contributed by atoms with Crippen LogP contribution in [-0.2, 0) is 16.1 Å². The zero-order chi connectivity index (χ0) is 21.9. The second-order valence-electron chi connectivity index (χ2n) is 7.88. The summed E-state index contributed by atoms with van der Waals surface area (Å²) in [7, 11) is 0. The third kappa shape index (κ3) is 7.57. The first-order valence-corrected chi connectivity index (χ1v) is 12.2. The van der Waals surface area contributed by atoms with Gasteiger partial charge in [-0.25, -0.2) is 0 Å². The molecule has 31 heavy (non-hydrogen) atoms. The summed E-state index contributed by atoms with van der Waals surface area (Å²) in [5, 5.41) is 6.40. The van der Waals surface area contributed by atoms with E-state index in [1.165, 1.54) is 11.3 Å². The van der Waals surface area contributed by atoms with E-state index in [2.05, 4.69) is 49.3 Å². The summed E-state index contributed by atoms with van der Waals surface area (Å²) in [5.41, 5.74) is 2.61. The van der Waals surface area contributed by atoms with Gasteiger partial charge in [0.25, 0.3) is 0 Å². The molecule has 1 aromatic rings. The van der Waals surface area contributed by atoms with Gasteiger partial charge in [0, 0.05) is 71.1 Å². The normalized spacial score (nSPS) is 20.3. The predicted molar refractivity (Wildman–Crippen MR) is 130 cm³/mol. The van der Waals surface area contributed by atoms with E-state index in [0.717, 1.165) is 96.8 Å². The van der Waals surface area contributed by atoms with Crippen molar-refractivity contribution < 1.29 is 9.57 Å². The van der Waals surface area contributed by atoms with Crippen LogP contribution in [0.25, 0.3) is 0 Å². The second kappa shape index (κ2) is 13.2. The van der Waals surface area contributed by atoms with Gasteiger partial charge in [-0.15, -0.1) is 0 Å². The fourth-order valence-electron chi connectivity index (χ4n) is 4.10. The molecule has 8 heteroatoms. The molecule has 3 fully saturated rings. The van der Waals surface area contributed by atoms with E-state index in [4.69, 9.17) is 21.8 Å². The molecule has 0 radical (unpaired) electrons. The van der Waals surface area contributed by atoms with Crippen molar-refractivity contribution in [3.8, 4) is 0 Å². The van der Waals surface area contributed by atoms with Crippen LogP contribution in [0.4, 0.5) is 5.69 Å². The van der Waals surface area contributed by atoms with Crippen molar-refractivity contribution in [1.82, 2.24) is 20.2 Å².